The molecule has 1 unspecified atom stereocenters. The van der Waals surface area contributed by atoms with Crippen molar-refractivity contribution < 1.29 is 8.42 Å². The van der Waals surface area contributed by atoms with E-state index in [2.05, 4.69) is 61.3 Å². The fourth-order valence-corrected chi connectivity index (χ4v) is 4.43. The molecule has 0 radical (unpaired) electrons. The maximum atomic E-state index is 11.0. The van der Waals surface area contributed by atoms with Gasteiger partial charge in [0.1, 0.15) is 10.7 Å². The lowest BCUT2D eigenvalue weighted by Gasteiger charge is -2.18. The zero-order valence-electron chi connectivity index (χ0n) is 16.5. The number of pyridine rings is 1. The van der Waals surface area contributed by atoms with E-state index in [0.29, 0.717) is 0 Å². The lowest BCUT2D eigenvalue weighted by molar-refractivity contribution is 0.614. The van der Waals surface area contributed by atoms with Crippen molar-refractivity contribution in [2.75, 3.05) is 0 Å². The third-order valence-corrected chi connectivity index (χ3v) is 6.09. The highest BCUT2D eigenvalue weighted by molar-refractivity contribution is 7.71. The fourth-order valence-electron chi connectivity index (χ4n) is 3.92. The summed E-state index contributed by atoms with van der Waals surface area (Å²) in [6.07, 6.45) is 1.93. The average Bonchev–Trinajstić information content (AvgIpc) is 2.73. The summed E-state index contributed by atoms with van der Waals surface area (Å²) < 4.78 is 21.9. The van der Waals surface area contributed by atoms with Gasteiger partial charge < -0.3 is 0 Å². The number of hydrogen-bond acceptors (Lipinski definition) is 3. The van der Waals surface area contributed by atoms with Crippen molar-refractivity contribution in [2.45, 2.75) is 25.5 Å². The molecular weight excluding hydrogens is 378 g/mol. The van der Waals surface area contributed by atoms with E-state index in [1.54, 1.807) is 0 Å². The normalized spacial score (nSPS) is 12.4. The molecule has 0 aliphatic carbocycles. The Balaban J connectivity index is 1.81. The first-order valence-corrected chi connectivity index (χ1v) is 11.0. The van der Waals surface area contributed by atoms with Crippen molar-refractivity contribution in [1.29, 1.82) is 0 Å². The summed E-state index contributed by atoms with van der Waals surface area (Å²) in [7, 11) is -2.41. The van der Waals surface area contributed by atoms with Crippen molar-refractivity contribution in [3.8, 4) is 11.1 Å². The summed E-state index contributed by atoms with van der Waals surface area (Å²) in [5.74, 6) is 0.315. The van der Waals surface area contributed by atoms with Crippen LogP contribution < -0.4 is 0 Å². The highest BCUT2D eigenvalue weighted by atomic mass is 32.2. The molecule has 29 heavy (non-hydrogen) atoms. The van der Waals surface area contributed by atoms with Crippen molar-refractivity contribution >= 4 is 21.5 Å². The molecule has 1 heterocycles. The number of aryl methyl sites for hydroxylation is 1. The number of aromatic nitrogens is 1. The van der Waals surface area contributed by atoms with Crippen LogP contribution in [0, 0.1) is 6.92 Å². The number of hydrogen-bond donors (Lipinski definition) is 1. The van der Waals surface area contributed by atoms with Crippen LogP contribution >= 0.6 is 0 Å². The molecule has 3 nitrogen and oxygen atoms in total. The minimum absolute atomic E-state index is 0.0803. The van der Waals surface area contributed by atoms with Crippen molar-refractivity contribution in [1.82, 2.24) is 4.98 Å². The van der Waals surface area contributed by atoms with E-state index in [4.69, 9.17) is 0 Å². The molecule has 0 aliphatic rings. The third kappa shape index (κ3) is 4.08. The molecular formula is C25H23NO2S. The number of rotatable bonds is 5. The van der Waals surface area contributed by atoms with E-state index in [1.807, 2.05) is 36.5 Å². The van der Waals surface area contributed by atoms with Gasteiger partial charge in [-0.3, -0.25) is 4.98 Å². The molecule has 0 amide bonds. The highest BCUT2D eigenvalue weighted by Crippen LogP contribution is 2.34. The van der Waals surface area contributed by atoms with E-state index in [-0.39, 0.29) is 11.7 Å². The first-order valence-electron chi connectivity index (χ1n) is 9.68. The monoisotopic (exact) mass is 401 g/mol. The van der Waals surface area contributed by atoms with Gasteiger partial charge >= 0.3 is 0 Å². The molecule has 0 aliphatic heterocycles. The Kier molecular flexibility index (Phi) is 5.45. The minimum atomic E-state index is -2.41. The van der Waals surface area contributed by atoms with Crippen LogP contribution in [0.2, 0.25) is 0 Å². The van der Waals surface area contributed by atoms with Crippen LogP contribution in [0.3, 0.4) is 0 Å². The lowest BCUT2D eigenvalue weighted by atomic mass is 9.87. The van der Waals surface area contributed by atoms with E-state index >= 15 is 0 Å². The van der Waals surface area contributed by atoms with Crippen molar-refractivity contribution in [2.24, 2.45) is 0 Å². The van der Waals surface area contributed by atoms with Crippen LogP contribution in [0.15, 0.2) is 79.0 Å². The summed E-state index contributed by atoms with van der Waals surface area (Å²) in [4.78, 5) is 4.64. The Morgan fingerprint density at radius 3 is 2.28 bits per heavy atom. The van der Waals surface area contributed by atoms with Gasteiger partial charge in [0.2, 0.25) is 0 Å². The predicted octanol–water partition coefficient (Wildman–Crippen LogP) is 5.47. The summed E-state index contributed by atoms with van der Waals surface area (Å²) in [5, 5.41) is 2.33. The fraction of sp³-hybridized carbons (Fsp3) is 0.160. The number of thiol groups is 1. The van der Waals surface area contributed by atoms with Gasteiger partial charge in [-0.05, 0) is 46.2 Å². The van der Waals surface area contributed by atoms with Crippen LogP contribution in [0.1, 0.15) is 35.2 Å². The topological polar surface area (TPSA) is 47.0 Å². The molecule has 0 saturated carbocycles. The Bertz CT molecular complexity index is 1220. The van der Waals surface area contributed by atoms with Gasteiger partial charge in [0, 0.05) is 23.2 Å². The number of benzene rings is 3. The molecule has 146 valence electrons. The number of fused-ring (bicyclic) bond motifs is 1. The Morgan fingerprint density at radius 2 is 1.59 bits per heavy atom. The van der Waals surface area contributed by atoms with Gasteiger partial charge in [0.15, 0.2) is 0 Å². The maximum Gasteiger partial charge on any atom is 0.144 e. The molecule has 0 bridgehead atoms. The molecule has 3 aromatic carbocycles. The SMILES string of the molecule is Cc1ncc2ccc(-c3ccc(C[SH](=O)=O)cc3)cc2c1C(C)c1ccccc1. The molecule has 4 aromatic rings. The highest BCUT2D eigenvalue weighted by Gasteiger charge is 2.16. The quantitative estimate of drug-likeness (QED) is 0.451. The van der Waals surface area contributed by atoms with Crippen LogP contribution in [0.5, 0.6) is 0 Å². The second kappa shape index (κ2) is 8.18. The summed E-state index contributed by atoms with van der Waals surface area (Å²) in [6, 6.07) is 24.7. The minimum Gasteiger partial charge on any atom is -0.261 e. The second-order valence-electron chi connectivity index (χ2n) is 7.38. The Morgan fingerprint density at radius 1 is 0.897 bits per heavy atom. The maximum absolute atomic E-state index is 11.0. The predicted molar refractivity (Wildman–Crippen MR) is 120 cm³/mol. The summed E-state index contributed by atoms with van der Waals surface area (Å²) in [5.41, 5.74) is 6.55. The van der Waals surface area contributed by atoms with Crippen LogP contribution in [0.25, 0.3) is 21.9 Å². The van der Waals surface area contributed by atoms with Crippen LogP contribution in [-0.4, -0.2) is 13.4 Å². The second-order valence-corrected chi connectivity index (χ2v) is 8.36. The van der Waals surface area contributed by atoms with Gasteiger partial charge in [0.25, 0.3) is 0 Å². The first-order chi connectivity index (χ1) is 14.0. The Hall–Kier alpha value is -2.98. The molecule has 4 heteroatoms. The van der Waals surface area contributed by atoms with Gasteiger partial charge in [-0.25, -0.2) is 8.42 Å². The van der Waals surface area contributed by atoms with Crippen molar-refractivity contribution in [3.05, 3.63) is 101 Å². The van der Waals surface area contributed by atoms with Gasteiger partial charge in [-0.15, -0.1) is 0 Å². The van der Waals surface area contributed by atoms with E-state index in [0.717, 1.165) is 27.8 Å². The molecule has 4 rings (SSSR count). The Labute approximate surface area is 173 Å². The molecule has 0 saturated heterocycles. The summed E-state index contributed by atoms with van der Waals surface area (Å²) >= 11 is 0. The molecule has 0 fully saturated rings. The standard InChI is InChI=1S/C25H23NO2S/c1-17(20-6-4-3-5-7-20)25-18(2)26-15-23-13-12-22(14-24(23)25)21-10-8-19(9-11-21)16-29(27)28/h3-15,17,29H,16H2,1-2H3. The van der Waals surface area contributed by atoms with Crippen LogP contribution in [0.4, 0.5) is 0 Å². The van der Waals surface area contributed by atoms with Gasteiger partial charge in [0.05, 0.1) is 5.75 Å². The first kappa shape index (κ1) is 19.3. The number of nitrogens with zero attached hydrogens (tertiary/aromatic N) is 1. The average molecular weight is 402 g/mol. The van der Waals surface area contributed by atoms with Crippen LogP contribution in [-0.2, 0) is 16.5 Å². The summed E-state index contributed by atoms with van der Waals surface area (Å²) in [6.45, 7) is 4.30. The zero-order chi connectivity index (χ0) is 20.4. The zero-order valence-corrected chi connectivity index (χ0v) is 17.4. The molecule has 1 atom stereocenters. The largest absolute Gasteiger partial charge is 0.261 e. The van der Waals surface area contributed by atoms with E-state index < -0.39 is 10.7 Å². The van der Waals surface area contributed by atoms with Crippen molar-refractivity contribution in [3.63, 3.8) is 0 Å². The van der Waals surface area contributed by atoms with E-state index in [9.17, 15) is 8.42 Å². The molecule has 0 N–H and O–H groups in total. The molecule has 1 aromatic heterocycles. The molecule has 0 spiro atoms. The smallest absolute Gasteiger partial charge is 0.144 e. The lowest BCUT2D eigenvalue weighted by Crippen LogP contribution is -2.02. The third-order valence-electron chi connectivity index (χ3n) is 5.46. The van der Waals surface area contributed by atoms with E-state index in [1.165, 1.54) is 16.5 Å². The van der Waals surface area contributed by atoms with Gasteiger partial charge in [-0.1, -0.05) is 73.7 Å². The van der Waals surface area contributed by atoms with Gasteiger partial charge in [-0.2, -0.15) is 0 Å².